The van der Waals surface area contributed by atoms with Crippen LogP contribution >= 0.6 is 0 Å². The molecule has 12 rings (SSSR count). The van der Waals surface area contributed by atoms with Crippen LogP contribution in [0.25, 0.3) is 66.1 Å². The summed E-state index contributed by atoms with van der Waals surface area (Å²) in [6.45, 7) is 8.55. The summed E-state index contributed by atoms with van der Waals surface area (Å²) in [5.41, 5.74) is 21.1. The fourth-order valence-electron chi connectivity index (χ4n) is 10.2. The molecule has 0 spiro atoms. The first-order valence-corrected chi connectivity index (χ1v) is 23.5. The fourth-order valence-corrected chi connectivity index (χ4v) is 10.2. The number of para-hydroxylation sites is 2. The van der Waals surface area contributed by atoms with E-state index in [4.69, 9.17) is 0 Å². The van der Waals surface area contributed by atoms with Crippen molar-refractivity contribution >= 4 is 77.7 Å². The maximum atomic E-state index is 2.43. The molecule has 0 amide bonds. The molecule has 0 unspecified atom stereocenters. The Morgan fingerprint density at radius 1 is 0.250 bits per heavy atom. The number of aryl methyl sites for hydroxylation is 4. The van der Waals surface area contributed by atoms with Crippen LogP contribution < -0.4 is 9.80 Å². The molecule has 0 N–H and O–H groups in total. The van der Waals surface area contributed by atoms with E-state index in [1.807, 2.05) is 0 Å². The number of rotatable bonds is 9. The van der Waals surface area contributed by atoms with E-state index < -0.39 is 0 Å². The van der Waals surface area contributed by atoms with Gasteiger partial charge in [0.2, 0.25) is 0 Å². The lowest BCUT2D eigenvalue weighted by atomic mass is 9.95. The van der Waals surface area contributed by atoms with Gasteiger partial charge >= 0.3 is 0 Å². The Morgan fingerprint density at radius 3 is 0.824 bits per heavy atom. The van der Waals surface area contributed by atoms with E-state index in [1.165, 1.54) is 77.0 Å². The normalized spacial score (nSPS) is 11.5. The van der Waals surface area contributed by atoms with Gasteiger partial charge in [0.05, 0.1) is 22.1 Å². The van der Waals surface area contributed by atoms with E-state index in [1.54, 1.807) is 0 Å². The SMILES string of the molecule is Cc1ccc(N(c2ccc(C)cc2)c2ccc(-n3c4ccccc4c4c(-c5cccc6c5c5ccccc5n6-c5ccc(N(c6ccc(C)cc6)c6ccc(C)cc6)cc5)cccc43)cc2)cc1. The molecule has 4 heteroatoms. The van der Waals surface area contributed by atoms with Crippen molar-refractivity contribution in [2.45, 2.75) is 27.7 Å². The van der Waals surface area contributed by atoms with E-state index >= 15 is 0 Å². The summed E-state index contributed by atoms with van der Waals surface area (Å²) >= 11 is 0. The maximum Gasteiger partial charge on any atom is 0.0547 e. The molecule has 2 heterocycles. The molecule has 326 valence electrons. The van der Waals surface area contributed by atoms with E-state index in [9.17, 15) is 0 Å². The van der Waals surface area contributed by atoms with Crippen LogP contribution in [0.3, 0.4) is 0 Å². The van der Waals surface area contributed by atoms with Crippen LogP contribution in [-0.4, -0.2) is 9.13 Å². The van der Waals surface area contributed by atoms with Crippen molar-refractivity contribution in [1.29, 1.82) is 0 Å². The number of hydrogen-bond acceptors (Lipinski definition) is 2. The fraction of sp³-hybridized carbons (Fsp3) is 0.0625. The topological polar surface area (TPSA) is 16.3 Å². The second-order valence-corrected chi connectivity index (χ2v) is 18.2. The number of fused-ring (bicyclic) bond motifs is 6. The van der Waals surface area contributed by atoms with Gasteiger partial charge in [0.25, 0.3) is 0 Å². The van der Waals surface area contributed by atoms with Gasteiger partial charge in [-0.05, 0) is 160 Å². The molecule has 10 aromatic carbocycles. The molecule has 2 aromatic heterocycles. The van der Waals surface area contributed by atoms with Crippen molar-refractivity contribution in [3.63, 3.8) is 0 Å². The highest BCUT2D eigenvalue weighted by Gasteiger charge is 2.22. The Bertz CT molecular complexity index is 3440. The monoisotopic (exact) mass is 874 g/mol. The number of aromatic nitrogens is 2. The highest BCUT2D eigenvalue weighted by molar-refractivity contribution is 6.22. The van der Waals surface area contributed by atoms with Crippen LogP contribution in [0.5, 0.6) is 0 Å². The van der Waals surface area contributed by atoms with Gasteiger partial charge in [-0.15, -0.1) is 0 Å². The zero-order chi connectivity index (χ0) is 45.9. The molecule has 12 aromatic rings. The summed E-state index contributed by atoms with van der Waals surface area (Å²) in [5.74, 6) is 0. The van der Waals surface area contributed by atoms with Crippen LogP contribution in [0.4, 0.5) is 34.1 Å². The molecule has 0 atom stereocenters. The number of nitrogens with zero attached hydrogens (tertiary/aromatic N) is 4. The van der Waals surface area contributed by atoms with Gasteiger partial charge in [0.1, 0.15) is 0 Å². The van der Waals surface area contributed by atoms with Crippen LogP contribution in [-0.2, 0) is 0 Å². The molecule has 4 nitrogen and oxygen atoms in total. The zero-order valence-electron chi connectivity index (χ0n) is 38.7. The standard InChI is InChI=1S/C64H50N4/c1-43-19-27-47(28-20-43)65(48-29-21-44(2)22-30-48)51-35-39-53(40-36-51)67-59-15-7-5-11-57(59)63-55(13-9-17-61(63)67)56-14-10-18-62-64(56)58-12-6-8-16-60(58)68(62)54-41-37-52(38-42-54)66(49-31-23-45(3)24-32-49)50-33-25-46(4)26-34-50/h5-42H,1-4H3. The minimum absolute atomic E-state index is 1.11. The van der Waals surface area contributed by atoms with Crippen molar-refractivity contribution in [1.82, 2.24) is 9.13 Å². The summed E-state index contributed by atoms with van der Waals surface area (Å²) < 4.78 is 4.86. The second-order valence-electron chi connectivity index (χ2n) is 18.2. The Labute approximate surface area is 397 Å². The molecule has 0 saturated heterocycles. The molecule has 68 heavy (non-hydrogen) atoms. The summed E-state index contributed by atoms with van der Waals surface area (Å²) in [6, 6.07) is 84.6. The van der Waals surface area contributed by atoms with E-state index in [2.05, 4.69) is 277 Å². The molecule has 0 aliphatic heterocycles. The number of anilines is 6. The van der Waals surface area contributed by atoms with Crippen molar-refractivity contribution in [3.05, 3.63) is 253 Å². The smallest absolute Gasteiger partial charge is 0.0547 e. The van der Waals surface area contributed by atoms with Crippen LogP contribution in [0.2, 0.25) is 0 Å². The number of benzene rings is 10. The van der Waals surface area contributed by atoms with Crippen molar-refractivity contribution < 1.29 is 0 Å². The highest BCUT2D eigenvalue weighted by atomic mass is 15.1. The zero-order valence-corrected chi connectivity index (χ0v) is 38.7. The van der Waals surface area contributed by atoms with Gasteiger partial charge in [-0.3, -0.25) is 0 Å². The average Bonchev–Trinajstić information content (AvgIpc) is 3.90. The van der Waals surface area contributed by atoms with Gasteiger partial charge in [-0.2, -0.15) is 0 Å². The summed E-state index contributed by atoms with van der Waals surface area (Å²) in [5, 5.41) is 4.94. The quantitative estimate of drug-likeness (QED) is 0.144. The lowest BCUT2D eigenvalue weighted by molar-refractivity contribution is 1.17. The molecule has 0 aliphatic rings. The molecule has 0 fully saturated rings. The van der Waals surface area contributed by atoms with Crippen LogP contribution in [0.15, 0.2) is 231 Å². The van der Waals surface area contributed by atoms with Gasteiger partial charge < -0.3 is 18.9 Å². The maximum absolute atomic E-state index is 2.43. The highest BCUT2D eigenvalue weighted by Crippen LogP contribution is 2.45. The van der Waals surface area contributed by atoms with E-state index in [0.717, 1.165) is 45.5 Å². The third-order valence-electron chi connectivity index (χ3n) is 13.6. The van der Waals surface area contributed by atoms with Crippen molar-refractivity contribution in [2.75, 3.05) is 9.80 Å². The molecule has 0 bridgehead atoms. The van der Waals surface area contributed by atoms with Gasteiger partial charge in [0, 0.05) is 67.0 Å². The molecular formula is C64H50N4. The molecule has 0 saturated carbocycles. The van der Waals surface area contributed by atoms with Gasteiger partial charge in [0.15, 0.2) is 0 Å². The molecule has 0 radical (unpaired) electrons. The second kappa shape index (κ2) is 16.7. The Balaban J connectivity index is 0.982. The van der Waals surface area contributed by atoms with Crippen LogP contribution in [0, 0.1) is 27.7 Å². The van der Waals surface area contributed by atoms with E-state index in [0.29, 0.717) is 0 Å². The minimum atomic E-state index is 1.11. The number of hydrogen-bond donors (Lipinski definition) is 0. The Morgan fingerprint density at radius 2 is 0.515 bits per heavy atom. The lowest BCUT2D eigenvalue weighted by Crippen LogP contribution is -2.10. The third-order valence-corrected chi connectivity index (χ3v) is 13.6. The molecular weight excluding hydrogens is 825 g/mol. The van der Waals surface area contributed by atoms with Crippen LogP contribution in [0.1, 0.15) is 22.3 Å². The Hall–Kier alpha value is -8.60. The minimum Gasteiger partial charge on any atom is -0.311 e. The van der Waals surface area contributed by atoms with Gasteiger partial charge in [-0.1, -0.05) is 131 Å². The Kier molecular flexibility index (Phi) is 10.0. The summed E-state index contributed by atoms with van der Waals surface area (Å²) in [4.78, 5) is 4.67. The largest absolute Gasteiger partial charge is 0.311 e. The molecule has 0 aliphatic carbocycles. The first kappa shape index (κ1) is 40.9. The van der Waals surface area contributed by atoms with Crippen molar-refractivity contribution in [2.24, 2.45) is 0 Å². The van der Waals surface area contributed by atoms with Crippen molar-refractivity contribution in [3.8, 4) is 22.5 Å². The first-order chi connectivity index (χ1) is 33.4. The first-order valence-electron chi connectivity index (χ1n) is 23.5. The average molecular weight is 875 g/mol. The summed E-state index contributed by atoms with van der Waals surface area (Å²) in [6.07, 6.45) is 0. The van der Waals surface area contributed by atoms with E-state index in [-0.39, 0.29) is 0 Å². The predicted molar refractivity (Wildman–Crippen MR) is 289 cm³/mol. The third kappa shape index (κ3) is 7.01. The lowest BCUT2D eigenvalue weighted by Gasteiger charge is -2.26. The predicted octanol–water partition coefficient (Wildman–Crippen LogP) is 17.7. The van der Waals surface area contributed by atoms with Gasteiger partial charge in [-0.25, -0.2) is 0 Å². The summed E-state index contributed by atoms with van der Waals surface area (Å²) in [7, 11) is 0.